The van der Waals surface area contributed by atoms with E-state index in [1.165, 1.54) is 5.01 Å². The van der Waals surface area contributed by atoms with Crippen LogP contribution >= 0.6 is 66.7 Å². The largest absolute Gasteiger partial charge is 0.274 e. The number of nitrogens with zero attached hydrogens (tertiary/aromatic N) is 2. The molecule has 0 spiro atoms. The molecule has 33 heavy (non-hydrogen) atoms. The summed E-state index contributed by atoms with van der Waals surface area (Å²) in [5.74, 6) is -2.11. The van der Waals surface area contributed by atoms with Crippen LogP contribution in [0.15, 0.2) is 42.5 Å². The Hall–Kier alpha value is -1.12. The fourth-order valence-electron chi connectivity index (χ4n) is 5.39. The van der Waals surface area contributed by atoms with E-state index in [9.17, 15) is 14.4 Å². The monoisotopic (exact) mass is 632 g/mol. The second-order valence-electron chi connectivity index (χ2n) is 8.57. The first kappa shape index (κ1) is 23.6. The maximum atomic E-state index is 13.7. The van der Waals surface area contributed by atoms with Crippen LogP contribution in [0.1, 0.15) is 22.3 Å². The zero-order valence-corrected chi connectivity index (χ0v) is 22.4. The molecule has 3 amide bonds. The molecule has 3 fully saturated rings. The Balaban J connectivity index is 1.56. The predicted molar refractivity (Wildman–Crippen MR) is 134 cm³/mol. The van der Waals surface area contributed by atoms with Crippen molar-refractivity contribution in [3.05, 3.63) is 68.7 Å². The van der Waals surface area contributed by atoms with E-state index in [0.29, 0.717) is 15.6 Å². The molecule has 5 nitrogen and oxygen atoms in total. The third-order valence-corrected chi connectivity index (χ3v) is 11.0. The highest BCUT2D eigenvalue weighted by Gasteiger charge is 2.67. The van der Waals surface area contributed by atoms with Gasteiger partial charge in [0.25, 0.3) is 17.7 Å². The van der Waals surface area contributed by atoms with Crippen molar-refractivity contribution in [2.45, 2.75) is 22.6 Å². The number of hydrogen-bond acceptors (Lipinski definition) is 3. The Morgan fingerprint density at radius 2 is 1.55 bits per heavy atom. The number of carbonyl (C=O) groups excluding carboxylic acids is 3. The molecule has 1 heterocycles. The topological polar surface area (TPSA) is 57.7 Å². The van der Waals surface area contributed by atoms with Gasteiger partial charge >= 0.3 is 0 Å². The van der Waals surface area contributed by atoms with Crippen molar-refractivity contribution in [2.24, 2.45) is 23.7 Å². The number of halogens is 5. The summed E-state index contributed by atoms with van der Waals surface area (Å²) in [6, 6.07) is 11.4. The molecule has 0 aromatic heterocycles. The van der Waals surface area contributed by atoms with Crippen molar-refractivity contribution in [3.8, 4) is 0 Å². The third kappa shape index (κ3) is 3.75. The Morgan fingerprint density at radius 3 is 2.12 bits per heavy atom. The number of carbonyl (C=O) groups is 3. The van der Waals surface area contributed by atoms with Crippen LogP contribution in [0.2, 0.25) is 15.1 Å². The lowest BCUT2D eigenvalue weighted by molar-refractivity contribution is -0.156. The van der Waals surface area contributed by atoms with Gasteiger partial charge in [0.05, 0.1) is 29.0 Å². The summed E-state index contributed by atoms with van der Waals surface area (Å²) >= 11 is 26.1. The molecule has 0 unspecified atom stereocenters. The highest BCUT2D eigenvalue weighted by molar-refractivity contribution is 9.12. The third-order valence-electron chi connectivity index (χ3n) is 6.88. The van der Waals surface area contributed by atoms with Gasteiger partial charge in [0, 0.05) is 19.7 Å². The van der Waals surface area contributed by atoms with Gasteiger partial charge in [-0.25, -0.2) is 5.01 Å². The van der Waals surface area contributed by atoms with Crippen LogP contribution in [-0.4, -0.2) is 37.4 Å². The van der Waals surface area contributed by atoms with Gasteiger partial charge in [0.1, 0.15) is 0 Å². The number of hydrazine groups is 1. The van der Waals surface area contributed by atoms with Gasteiger partial charge in [-0.15, -0.1) is 0 Å². The molecule has 6 atom stereocenters. The standard InChI is InChI=1S/C23H17Br2Cl3N2O3/c24-19-13-8-14(20(19)25)18-17(13)22(32)30(23(18)33)29(9-10-5-6-11(26)7-16(10)28)21(31)12-3-1-2-4-15(12)27/h1-7,13-14,17-20H,8-9H2/t13-,14-,17-,18-,19-,20+/m1/s1. The molecule has 2 aliphatic carbocycles. The Bertz CT molecular complexity index is 1150. The predicted octanol–water partition coefficient (Wildman–Crippen LogP) is 5.98. The van der Waals surface area contributed by atoms with Crippen LogP contribution in [0.25, 0.3) is 0 Å². The average Bonchev–Trinajstić information content (AvgIpc) is 3.38. The van der Waals surface area contributed by atoms with E-state index in [-0.39, 0.29) is 50.4 Å². The summed E-state index contributed by atoms with van der Waals surface area (Å²) < 4.78 is 0. The van der Waals surface area contributed by atoms with Gasteiger partial charge in [-0.3, -0.25) is 14.4 Å². The highest BCUT2D eigenvalue weighted by atomic mass is 79.9. The molecule has 0 N–H and O–H groups in total. The maximum absolute atomic E-state index is 13.7. The van der Waals surface area contributed by atoms with E-state index in [0.717, 1.165) is 11.4 Å². The van der Waals surface area contributed by atoms with E-state index >= 15 is 0 Å². The van der Waals surface area contributed by atoms with Crippen molar-refractivity contribution in [3.63, 3.8) is 0 Å². The van der Waals surface area contributed by atoms with Crippen molar-refractivity contribution >= 4 is 84.4 Å². The lowest BCUT2D eigenvalue weighted by Crippen LogP contribution is -2.50. The molecule has 2 bridgehead atoms. The Labute approximate surface area is 222 Å². The first-order chi connectivity index (χ1) is 15.7. The highest BCUT2D eigenvalue weighted by Crippen LogP contribution is 2.60. The number of benzene rings is 2. The minimum Gasteiger partial charge on any atom is -0.272 e. The number of amides is 3. The molecule has 2 saturated carbocycles. The van der Waals surface area contributed by atoms with E-state index < -0.39 is 17.7 Å². The molecular formula is C23H17Br2Cl3N2O3. The molecule has 3 aliphatic rings. The lowest BCUT2D eigenvalue weighted by Gasteiger charge is -2.32. The fourth-order valence-corrected chi connectivity index (χ4v) is 7.95. The summed E-state index contributed by atoms with van der Waals surface area (Å²) in [6.45, 7) is -0.0816. The van der Waals surface area contributed by atoms with E-state index in [1.807, 2.05) is 0 Å². The van der Waals surface area contributed by atoms with Crippen LogP contribution in [0.5, 0.6) is 0 Å². The first-order valence-corrected chi connectivity index (χ1v) is 13.3. The second-order valence-corrected chi connectivity index (χ2v) is 11.9. The summed E-state index contributed by atoms with van der Waals surface area (Å²) in [6.07, 6.45) is 0.800. The van der Waals surface area contributed by atoms with Gasteiger partial charge in [0.15, 0.2) is 0 Å². The van der Waals surface area contributed by atoms with Crippen molar-refractivity contribution < 1.29 is 14.4 Å². The summed E-state index contributed by atoms with van der Waals surface area (Å²) in [7, 11) is 0. The first-order valence-electron chi connectivity index (χ1n) is 10.4. The summed E-state index contributed by atoms with van der Waals surface area (Å²) in [5, 5.41) is 3.20. The van der Waals surface area contributed by atoms with Crippen LogP contribution in [0.4, 0.5) is 0 Å². The molecule has 10 heteroatoms. The second kappa shape index (κ2) is 8.83. The van der Waals surface area contributed by atoms with Crippen LogP contribution in [0.3, 0.4) is 0 Å². The molecule has 172 valence electrons. The Kier molecular flexibility index (Phi) is 6.32. The number of imide groups is 1. The van der Waals surface area contributed by atoms with Gasteiger partial charge in [0.2, 0.25) is 0 Å². The summed E-state index contributed by atoms with van der Waals surface area (Å²) in [5.41, 5.74) is 0.750. The number of hydrogen-bond donors (Lipinski definition) is 0. The molecule has 1 aliphatic heterocycles. The summed E-state index contributed by atoms with van der Waals surface area (Å²) in [4.78, 5) is 41.1. The smallest absolute Gasteiger partial charge is 0.272 e. The Morgan fingerprint density at radius 1 is 0.939 bits per heavy atom. The minimum absolute atomic E-state index is 0.0298. The maximum Gasteiger partial charge on any atom is 0.274 e. The van der Waals surface area contributed by atoms with Crippen molar-refractivity contribution in [1.29, 1.82) is 0 Å². The molecular weight excluding hydrogens is 618 g/mol. The average molecular weight is 636 g/mol. The molecule has 5 rings (SSSR count). The fraction of sp³-hybridized carbons (Fsp3) is 0.348. The number of alkyl halides is 2. The number of fused-ring (bicyclic) bond motifs is 5. The van der Waals surface area contributed by atoms with E-state index in [2.05, 4.69) is 31.9 Å². The number of rotatable bonds is 4. The van der Waals surface area contributed by atoms with E-state index in [4.69, 9.17) is 34.8 Å². The zero-order valence-electron chi connectivity index (χ0n) is 16.9. The van der Waals surface area contributed by atoms with Gasteiger partial charge in [-0.05, 0) is 48.1 Å². The normalized spacial score (nSPS) is 30.2. The van der Waals surface area contributed by atoms with Crippen LogP contribution in [-0.2, 0) is 16.1 Å². The molecule has 0 radical (unpaired) electrons. The van der Waals surface area contributed by atoms with Crippen molar-refractivity contribution in [1.82, 2.24) is 10.0 Å². The van der Waals surface area contributed by atoms with Crippen LogP contribution in [0, 0.1) is 23.7 Å². The van der Waals surface area contributed by atoms with Crippen LogP contribution < -0.4 is 0 Å². The van der Waals surface area contributed by atoms with Gasteiger partial charge in [-0.1, -0.05) is 84.9 Å². The van der Waals surface area contributed by atoms with Crippen molar-refractivity contribution in [2.75, 3.05) is 0 Å². The molecule has 1 saturated heterocycles. The zero-order chi connectivity index (χ0) is 23.6. The minimum atomic E-state index is -0.550. The van der Waals surface area contributed by atoms with E-state index in [1.54, 1.807) is 42.5 Å². The van der Waals surface area contributed by atoms with Gasteiger partial charge < -0.3 is 0 Å². The molecule has 2 aromatic rings. The lowest BCUT2D eigenvalue weighted by atomic mass is 9.81. The van der Waals surface area contributed by atoms with Gasteiger partial charge in [-0.2, -0.15) is 5.01 Å². The SMILES string of the molecule is O=C(c1ccccc1Cl)N(Cc1ccc(Cl)cc1Cl)N1C(=O)[C@@H]2[C@H]3C[C@@H]([C@@H](Br)[C@H]3Br)[C@H]2C1=O. The molecule has 2 aromatic carbocycles. The quantitative estimate of drug-likeness (QED) is 0.307.